The van der Waals surface area contributed by atoms with E-state index in [0.717, 1.165) is 6.07 Å². The summed E-state index contributed by atoms with van der Waals surface area (Å²) in [7, 11) is 0. The molecule has 0 aliphatic heterocycles. The van der Waals surface area contributed by atoms with E-state index in [1.54, 1.807) is 6.07 Å². The molecule has 1 aromatic heterocycles. The van der Waals surface area contributed by atoms with Crippen molar-refractivity contribution in [2.24, 2.45) is 10.6 Å². The first-order valence-corrected chi connectivity index (χ1v) is 12.2. The van der Waals surface area contributed by atoms with Crippen LogP contribution in [0.1, 0.15) is 12.8 Å². The maximum Gasteiger partial charge on any atom is 0.240 e. The lowest BCUT2D eigenvalue weighted by molar-refractivity contribution is -0.131. The van der Waals surface area contributed by atoms with Gasteiger partial charge in [0.05, 0.1) is 10.9 Å². The number of nitrogens with one attached hydrogen (secondary N) is 2. The number of hydrogen-bond donors (Lipinski definition) is 2. The van der Waals surface area contributed by atoms with Crippen LogP contribution < -0.4 is 20.8 Å². The Balaban J connectivity index is 1.32. The number of amides is 2. The lowest BCUT2D eigenvalue weighted by atomic mass is 9.49. The second kappa shape index (κ2) is 10.2. The molecule has 9 nitrogen and oxygen atoms in total. The second-order valence-corrected chi connectivity index (χ2v) is 9.60. The molecule has 5 rings (SSSR count). The molecule has 1 heterocycles. The van der Waals surface area contributed by atoms with Crippen molar-refractivity contribution in [3.63, 3.8) is 0 Å². The van der Waals surface area contributed by atoms with Gasteiger partial charge >= 0.3 is 0 Å². The minimum Gasteiger partial charge on any atom is -0.435 e. The van der Waals surface area contributed by atoms with Gasteiger partial charge in [-0.2, -0.15) is 0 Å². The van der Waals surface area contributed by atoms with E-state index in [2.05, 4.69) is 25.8 Å². The number of ether oxygens (including phenoxy) is 1. The predicted molar refractivity (Wildman–Crippen MR) is 144 cm³/mol. The Kier molecular flexibility index (Phi) is 6.77. The summed E-state index contributed by atoms with van der Waals surface area (Å²) in [5.74, 6) is -2.36. The highest BCUT2D eigenvalue weighted by molar-refractivity contribution is 6.72. The number of aromatic nitrogens is 2. The molecule has 0 spiro atoms. The molecule has 2 N–H and O–H groups in total. The summed E-state index contributed by atoms with van der Waals surface area (Å²) < 4.78 is 33.9. The molecular weight excluding hydrogens is 507 g/mol. The molecule has 12 heteroatoms. The molecule has 0 bridgehead atoms. The third-order valence-corrected chi connectivity index (χ3v) is 6.59. The zero-order valence-electron chi connectivity index (χ0n) is 21.0. The molecule has 0 radical (unpaired) electrons. The molecule has 0 unspecified atom stereocenters. The van der Waals surface area contributed by atoms with Crippen LogP contribution >= 0.6 is 0 Å². The smallest absolute Gasteiger partial charge is 0.240 e. The maximum atomic E-state index is 15.0. The van der Waals surface area contributed by atoms with E-state index in [-0.39, 0.29) is 29.7 Å². The largest absolute Gasteiger partial charge is 0.435 e. The van der Waals surface area contributed by atoms with Gasteiger partial charge in [-0.05, 0) is 60.5 Å². The van der Waals surface area contributed by atoms with Gasteiger partial charge in [-0.3, -0.25) is 9.59 Å². The summed E-state index contributed by atoms with van der Waals surface area (Å²) in [6.07, 6.45) is 1.89. The van der Waals surface area contributed by atoms with Gasteiger partial charge in [0.15, 0.2) is 18.3 Å². The summed E-state index contributed by atoms with van der Waals surface area (Å²) in [6, 6.07) is 12.3. The van der Waals surface area contributed by atoms with Gasteiger partial charge in [0, 0.05) is 17.4 Å². The quantitative estimate of drug-likeness (QED) is 0.179. The van der Waals surface area contributed by atoms with Crippen molar-refractivity contribution >= 4 is 52.0 Å². The van der Waals surface area contributed by atoms with Crippen molar-refractivity contribution in [3.8, 4) is 11.6 Å². The molecule has 3 aromatic carbocycles. The molecule has 1 aliphatic carbocycles. The molecule has 0 atom stereocenters. The van der Waals surface area contributed by atoms with E-state index in [4.69, 9.17) is 4.74 Å². The van der Waals surface area contributed by atoms with Gasteiger partial charge in [-0.1, -0.05) is 25.2 Å². The van der Waals surface area contributed by atoms with E-state index in [0.29, 0.717) is 34.9 Å². The Morgan fingerprint density at radius 2 is 1.62 bits per heavy atom. The average Bonchev–Trinajstić information content (AvgIpc) is 3.73. The number of halogens is 2. The molecule has 39 heavy (non-hydrogen) atoms. The first kappa shape index (κ1) is 25.9. The number of nitrogens with zero attached hydrogens (tertiary/aromatic N) is 3. The number of rotatable bonds is 8. The lowest BCUT2D eigenvalue weighted by Crippen LogP contribution is -2.35. The molecule has 2 amide bonds. The summed E-state index contributed by atoms with van der Waals surface area (Å²) in [5.41, 5.74) is 0.563. The van der Waals surface area contributed by atoms with Crippen LogP contribution in [0, 0.1) is 22.0 Å². The number of carbonyl (C=O) groups excluding carboxylic acids is 2. The van der Waals surface area contributed by atoms with Gasteiger partial charge in [0.25, 0.3) is 0 Å². The molecule has 4 aromatic rings. The van der Waals surface area contributed by atoms with Crippen molar-refractivity contribution in [1.29, 1.82) is 0 Å². The van der Waals surface area contributed by atoms with Gasteiger partial charge in [-0.15, -0.1) is 4.91 Å². The minimum atomic E-state index is -1.29. The van der Waals surface area contributed by atoms with Gasteiger partial charge < -0.3 is 15.4 Å². The summed E-state index contributed by atoms with van der Waals surface area (Å²) in [4.78, 5) is 45.2. The Morgan fingerprint density at radius 3 is 2.23 bits per heavy atom. The zero-order valence-corrected chi connectivity index (χ0v) is 21.0. The first-order valence-electron chi connectivity index (χ1n) is 12.2. The normalized spacial score (nSPS) is 13.4. The summed E-state index contributed by atoms with van der Waals surface area (Å²) >= 11 is 0. The van der Waals surface area contributed by atoms with E-state index in [9.17, 15) is 18.9 Å². The van der Waals surface area contributed by atoms with E-state index in [1.165, 1.54) is 48.8 Å². The fourth-order valence-corrected chi connectivity index (χ4v) is 4.19. The third kappa shape index (κ3) is 5.18. The maximum absolute atomic E-state index is 15.0. The number of carbonyl (C=O) groups is 2. The van der Waals surface area contributed by atoms with E-state index >= 15 is 4.39 Å². The molecule has 196 valence electrons. The fourth-order valence-electron chi connectivity index (χ4n) is 4.19. The highest BCUT2D eigenvalue weighted by Crippen LogP contribution is 2.47. The molecule has 0 saturated heterocycles. The topological polar surface area (TPSA) is 123 Å². The molecule has 1 aliphatic rings. The van der Waals surface area contributed by atoms with Crippen molar-refractivity contribution in [1.82, 2.24) is 9.97 Å². The fraction of sp³-hybridized carbons (Fsp3) is 0.185. The van der Waals surface area contributed by atoms with Crippen LogP contribution in [0.3, 0.4) is 0 Å². The van der Waals surface area contributed by atoms with Crippen molar-refractivity contribution in [2.45, 2.75) is 26.5 Å². The summed E-state index contributed by atoms with van der Waals surface area (Å²) in [5, 5.41) is 8.77. The Bertz CT molecular complexity index is 1610. The Hall–Kier alpha value is -4.74. The van der Waals surface area contributed by atoms with Gasteiger partial charge in [0.1, 0.15) is 23.2 Å². The third-order valence-electron chi connectivity index (χ3n) is 6.59. The van der Waals surface area contributed by atoms with Crippen LogP contribution in [0.15, 0.2) is 66.1 Å². The number of nitroso groups, excluding NO2 is 1. The lowest BCUT2D eigenvalue weighted by Gasteiger charge is -2.16. The van der Waals surface area contributed by atoms with Crippen LogP contribution in [0.4, 0.5) is 25.8 Å². The Labute approximate surface area is 222 Å². The number of fused-ring (bicyclic) bond motifs is 1. The highest BCUT2D eigenvalue weighted by atomic mass is 19.1. The number of anilines is 2. The van der Waals surface area contributed by atoms with Crippen LogP contribution in [0.2, 0.25) is 13.6 Å². The van der Waals surface area contributed by atoms with Crippen molar-refractivity contribution in [2.75, 3.05) is 10.6 Å². The minimum absolute atomic E-state index is 0.0117. The van der Waals surface area contributed by atoms with Gasteiger partial charge in [-0.25, -0.2) is 18.7 Å². The number of benzene rings is 3. The zero-order chi connectivity index (χ0) is 27.7. The van der Waals surface area contributed by atoms with Crippen LogP contribution in [0.5, 0.6) is 11.6 Å². The van der Waals surface area contributed by atoms with Crippen LogP contribution in [-0.4, -0.2) is 28.5 Å². The van der Waals surface area contributed by atoms with Gasteiger partial charge in [0.2, 0.25) is 17.7 Å². The SMILES string of the molecule is CB(C)c1cc2c(Oc3ccc(NC(=O)C4(C(=O)Nc5ccc(F)cc5)CC4)cc3F)ncnc2cc1N=O. The average molecular weight is 529 g/mol. The standard InChI is InChI=1S/C27H22BF2N5O4/c1-28(2)19-12-18-21(13-22(19)35-38)31-14-32-24(18)39-23-8-7-17(11-20(23)30)34-26(37)27(9-10-27)25(36)33-16-5-3-15(29)4-6-16/h3-8,11-14H,9-10H2,1-2H3,(H,33,36)(H,34,37). The highest BCUT2D eigenvalue weighted by Gasteiger charge is 2.56. The van der Waals surface area contributed by atoms with Crippen LogP contribution in [0.25, 0.3) is 10.9 Å². The molecule has 1 saturated carbocycles. The molecule has 1 fully saturated rings. The summed E-state index contributed by atoms with van der Waals surface area (Å²) in [6.45, 7) is 3.80. The Morgan fingerprint density at radius 1 is 0.949 bits per heavy atom. The number of hydrogen-bond acceptors (Lipinski definition) is 7. The van der Waals surface area contributed by atoms with Crippen molar-refractivity contribution in [3.05, 3.63) is 77.5 Å². The van der Waals surface area contributed by atoms with Crippen LogP contribution in [-0.2, 0) is 9.59 Å². The van der Waals surface area contributed by atoms with Crippen molar-refractivity contribution < 1.29 is 23.1 Å². The monoisotopic (exact) mass is 529 g/mol. The second-order valence-electron chi connectivity index (χ2n) is 9.60. The van der Waals surface area contributed by atoms with E-state index < -0.39 is 28.9 Å². The molecular formula is C27H22BF2N5O4. The first-order chi connectivity index (χ1) is 18.7. The predicted octanol–water partition coefficient (Wildman–Crippen LogP) is 5.42. The van der Waals surface area contributed by atoms with E-state index in [1.807, 2.05) is 13.6 Å².